The molecule has 1 rings (SSSR count). The molecule has 1 N–H and O–H groups in total. The van der Waals surface area contributed by atoms with E-state index in [2.05, 4.69) is 31.1 Å². The highest BCUT2D eigenvalue weighted by Gasteiger charge is 2.10. The summed E-state index contributed by atoms with van der Waals surface area (Å²) in [5, 5.41) is 3.30. The number of hydrogen-bond donors (Lipinski definition) is 1. The summed E-state index contributed by atoms with van der Waals surface area (Å²) in [6.07, 6.45) is 1.74. The van der Waals surface area contributed by atoms with Gasteiger partial charge in [-0.05, 0) is 27.7 Å². The van der Waals surface area contributed by atoms with Gasteiger partial charge in [0.2, 0.25) is 5.89 Å². The smallest absolute Gasteiger partial charge is 0.208 e. The number of rotatable bonds is 2. The van der Waals surface area contributed by atoms with Crippen LogP contribution in [0.15, 0.2) is 10.6 Å². The molecule has 0 fully saturated rings. The first-order valence-electron chi connectivity index (χ1n) is 4.14. The van der Waals surface area contributed by atoms with Gasteiger partial charge in [-0.25, -0.2) is 4.98 Å². The van der Waals surface area contributed by atoms with E-state index >= 15 is 0 Å². The van der Waals surface area contributed by atoms with Crippen LogP contribution in [0.2, 0.25) is 0 Å². The number of nitrogens with zero attached hydrogens (tertiary/aromatic N) is 1. The quantitative estimate of drug-likeness (QED) is 0.732. The fourth-order valence-electron chi connectivity index (χ4n) is 0.824. The van der Waals surface area contributed by atoms with Crippen LogP contribution in [-0.4, -0.2) is 10.5 Å². The highest BCUT2D eigenvalue weighted by atomic mass is 16.4. The molecule has 3 nitrogen and oxygen atoms in total. The molecular weight excluding hydrogens is 152 g/mol. The number of nitrogens with one attached hydrogen (secondary N) is 1. The molecule has 68 valence electrons. The van der Waals surface area contributed by atoms with Crippen LogP contribution in [0.5, 0.6) is 0 Å². The lowest BCUT2D eigenvalue weighted by atomic mass is 10.1. The first kappa shape index (κ1) is 9.26. The second-order valence-electron chi connectivity index (χ2n) is 3.97. The van der Waals surface area contributed by atoms with Gasteiger partial charge >= 0.3 is 0 Å². The summed E-state index contributed by atoms with van der Waals surface area (Å²) in [5.74, 6) is 1.61. The van der Waals surface area contributed by atoms with Crippen molar-refractivity contribution in [3.63, 3.8) is 0 Å². The van der Waals surface area contributed by atoms with Gasteiger partial charge in [0.15, 0.2) is 0 Å². The van der Waals surface area contributed by atoms with E-state index in [1.54, 1.807) is 6.20 Å². The zero-order valence-corrected chi connectivity index (χ0v) is 8.14. The van der Waals surface area contributed by atoms with Crippen molar-refractivity contribution in [2.24, 2.45) is 0 Å². The Bertz CT molecular complexity index is 247. The van der Waals surface area contributed by atoms with Gasteiger partial charge in [0.25, 0.3) is 0 Å². The van der Waals surface area contributed by atoms with Crippen molar-refractivity contribution >= 4 is 0 Å². The van der Waals surface area contributed by atoms with E-state index in [0.717, 1.165) is 11.7 Å². The van der Waals surface area contributed by atoms with Gasteiger partial charge in [-0.2, -0.15) is 0 Å². The Kier molecular flexibility index (Phi) is 2.52. The van der Waals surface area contributed by atoms with Crippen molar-refractivity contribution in [2.45, 2.75) is 39.8 Å². The minimum atomic E-state index is 0.113. The average molecular weight is 168 g/mol. The second kappa shape index (κ2) is 3.27. The Balaban J connectivity index is 2.44. The summed E-state index contributed by atoms with van der Waals surface area (Å²) in [6, 6.07) is 0. The van der Waals surface area contributed by atoms with Gasteiger partial charge in [0.1, 0.15) is 5.76 Å². The predicted molar refractivity (Wildman–Crippen MR) is 47.8 cm³/mol. The third-order valence-corrected chi connectivity index (χ3v) is 1.44. The molecule has 0 saturated heterocycles. The molecule has 12 heavy (non-hydrogen) atoms. The van der Waals surface area contributed by atoms with E-state index in [-0.39, 0.29) is 5.54 Å². The molecule has 0 amide bonds. The first-order chi connectivity index (χ1) is 5.47. The molecule has 1 aromatic rings. The van der Waals surface area contributed by atoms with Crippen molar-refractivity contribution in [3.8, 4) is 0 Å². The van der Waals surface area contributed by atoms with Crippen LogP contribution in [-0.2, 0) is 6.54 Å². The Morgan fingerprint density at radius 2 is 2.17 bits per heavy atom. The molecule has 0 unspecified atom stereocenters. The number of hydrogen-bond acceptors (Lipinski definition) is 3. The SMILES string of the molecule is Cc1cnc(CNC(C)(C)C)o1. The third kappa shape index (κ3) is 3.05. The molecule has 0 aliphatic carbocycles. The Hall–Kier alpha value is -0.830. The zero-order chi connectivity index (χ0) is 9.19. The largest absolute Gasteiger partial charge is 0.445 e. The van der Waals surface area contributed by atoms with Gasteiger partial charge in [-0.15, -0.1) is 0 Å². The van der Waals surface area contributed by atoms with E-state index < -0.39 is 0 Å². The van der Waals surface area contributed by atoms with Crippen LogP contribution in [0.4, 0.5) is 0 Å². The third-order valence-electron chi connectivity index (χ3n) is 1.44. The van der Waals surface area contributed by atoms with Crippen LogP contribution < -0.4 is 5.32 Å². The maximum atomic E-state index is 5.31. The van der Waals surface area contributed by atoms with Gasteiger partial charge in [0.05, 0.1) is 12.7 Å². The molecule has 0 spiro atoms. The minimum absolute atomic E-state index is 0.113. The molecule has 0 bridgehead atoms. The molecule has 0 saturated carbocycles. The normalized spacial score (nSPS) is 12.0. The molecule has 1 heterocycles. The number of oxazole rings is 1. The fraction of sp³-hybridized carbons (Fsp3) is 0.667. The van der Waals surface area contributed by atoms with Crippen molar-refractivity contribution in [3.05, 3.63) is 17.8 Å². The lowest BCUT2D eigenvalue weighted by Crippen LogP contribution is -2.35. The van der Waals surface area contributed by atoms with Crippen molar-refractivity contribution in [1.82, 2.24) is 10.3 Å². The Morgan fingerprint density at radius 3 is 2.58 bits per heavy atom. The lowest BCUT2D eigenvalue weighted by molar-refractivity contribution is 0.375. The van der Waals surface area contributed by atoms with Crippen molar-refractivity contribution < 1.29 is 4.42 Å². The number of aryl methyl sites for hydroxylation is 1. The molecule has 0 aliphatic heterocycles. The summed E-state index contributed by atoms with van der Waals surface area (Å²) in [5.41, 5.74) is 0.113. The molecule has 3 heteroatoms. The Labute approximate surface area is 73.2 Å². The van der Waals surface area contributed by atoms with E-state index in [4.69, 9.17) is 4.42 Å². The van der Waals surface area contributed by atoms with Crippen molar-refractivity contribution in [2.75, 3.05) is 0 Å². The number of aromatic nitrogens is 1. The molecular formula is C9H16N2O. The monoisotopic (exact) mass is 168 g/mol. The van der Waals surface area contributed by atoms with Gasteiger partial charge in [-0.3, -0.25) is 0 Å². The summed E-state index contributed by atoms with van der Waals surface area (Å²) >= 11 is 0. The minimum Gasteiger partial charge on any atom is -0.445 e. The maximum absolute atomic E-state index is 5.31. The summed E-state index contributed by atoms with van der Waals surface area (Å²) in [4.78, 5) is 4.09. The average Bonchev–Trinajstić information content (AvgIpc) is 2.30. The topological polar surface area (TPSA) is 38.1 Å². The molecule has 0 aromatic carbocycles. The van der Waals surface area contributed by atoms with Gasteiger partial charge in [0, 0.05) is 5.54 Å². The fourth-order valence-corrected chi connectivity index (χ4v) is 0.824. The van der Waals surface area contributed by atoms with E-state index in [9.17, 15) is 0 Å². The maximum Gasteiger partial charge on any atom is 0.208 e. The molecule has 1 aromatic heterocycles. The van der Waals surface area contributed by atoms with Crippen LogP contribution >= 0.6 is 0 Å². The molecule has 0 radical (unpaired) electrons. The first-order valence-corrected chi connectivity index (χ1v) is 4.14. The van der Waals surface area contributed by atoms with E-state index in [0.29, 0.717) is 6.54 Å². The molecule has 0 atom stereocenters. The van der Waals surface area contributed by atoms with Crippen LogP contribution in [0.1, 0.15) is 32.4 Å². The lowest BCUT2D eigenvalue weighted by Gasteiger charge is -2.18. The summed E-state index contributed by atoms with van der Waals surface area (Å²) in [7, 11) is 0. The molecule has 0 aliphatic rings. The van der Waals surface area contributed by atoms with Crippen LogP contribution in [0.25, 0.3) is 0 Å². The van der Waals surface area contributed by atoms with Gasteiger partial charge in [-0.1, -0.05) is 0 Å². The van der Waals surface area contributed by atoms with Crippen LogP contribution in [0.3, 0.4) is 0 Å². The zero-order valence-electron chi connectivity index (χ0n) is 8.14. The van der Waals surface area contributed by atoms with Crippen LogP contribution in [0, 0.1) is 6.92 Å². The van der Waals surface area contributed by atoms with E-state index in [1.807, 2.05) is 6.92 Å². The van der Waals surface area contributed by atoms with Gasteiger partial charge < -0.3 is 9.73 Å². The Morgan fingerprint density at radius 1 is 1.50 bits per heavy atom. The summed E-state index contributed by atoms with van der Waals surface area (Å²) < 4.78 is 5.31. The standard InChI is InChI=1S/C9H16N2O/c1-7-5-10-8(12-7)6-11-9(2,3)4/h5,11H,6H2,1-4H3. The highest BCUT2D eigenvalue weighted by Crippen LogP contribution is 2.04. The highest BCUT2D eigenvalue weighted by molar-refractivity contribution is 4.91. The predicted octanol–water partition coefficient (Wildman–Crippen LogP) is 1.87. The second-order valence-corrected chi connectivity index (χ2v) is 3.97. The van der Waals surface area contributed by atoms with E-state index in [1.165, 1.54) is 0 Å². The summed E-state index contributed by atoms with van der Waals surface area (Å²) in [6.45, 7) is 8.93. The van der Waals surface area contributed by atoms with Crippen molar-refractivity contribution in [1.29, 1.82) is 0 Å².